The largest absolute Gasteiger partial charge is 0.384 e. The highest BCUT2D eigenvalue weighted by molar-refractivity contribution is 5.19. The van der Waals surface area contributed by atoms with Gasteiger partial charge in [-0.2, -0.15) is 0 Å². The Bertz CT molecular complexity index is 423. The van der Waals surface area contributed by atoms with Gasteiger partial charge in [0, 0.05) is 25.7 Å². The van der Waals surface area contributed by atoms with Gasteiger partial charge in [0.05, 0.1) is 6.61 Å². The lowest BCUT2D eigenvalue weighted by Gasteiger charge is -2.38. The number of nitrogens with two attached hydrogens (primary N) is 1. The normalized spacial score (nSPS) is 22.9. The van der Waals surface area contributed by atoms with Crippen LogP contribution in [0.15, 0.2) is 24.3 Å². The second-order valence-corrected chi connectivity index (χ2v) is 6.06. The molecule has 1 heterocycles. The molecule has 2 rings (SSSR count). The third-order valence-corrected chi connectivity index (χ3v) is 4.39. The van der Waals surface area contributed by atoms with Crippen molar-refractivity contribution in [2.75, 3.05) is 33.4 Å². The summed E-state index contributed by atoms with van der Waals surface area (Å²) >= 11 is 0. The molecule has 0 amide bonds. The summed E-state index contributed by atoms with van der Waals surface area (Å²) in [5, 5.41) is 0. The summed E-state index contributed by atoms with van der Waals surface area (Å²) in [5.41, 5.74) is 7.10. The first-order chi connectivity index (χ1) is 9.57. The van der Waals surface area contributed by atoms with Crippen LogP contribution >= 0.6 is 0 Å². The minimum absolute atomic E-state index is 0.0691. The van der Waals surface area contributed by atoms with Crippen molar-refractivity contribution in [2.45, 2.75) is 25.3 Å². The van der Waals surface area contributed by atoms with Crippen molar-refractivity contribution < 1.29 is 9.13 Å². The van der Waals surface area contributed by atoms with E-state index in [0.717, 1.165) is 38.1 Å². The van der Waals surface area contributed by atoms with Gasteiger partial charge in [0.15, 0.2) is 0 Å². The van der Waals surface area contributed by atoms with Crippen LogP contribution in [0.2, 0.25) is 0 Å². The van der Waals surface area contributed by atoms with Crippen molar-refractivity contribution in [3.05, 3.63) is 35.6 Å². The van der Waals surface area contributed by atoms with E-state index < -0.39 is 0 Å². The maximum Gasteiger partial charge on any atom is 0.123 e. The van der Waals surface area contributed by atoms with Crippen LogP contribution < -0.4 is 5.73 Å². The van der Waals surface area contributed by atoms with Crippen LogP contribution in [0.4, 0.5) is 4.39 Å². The summed E-state index contributed by atoms with van der Waals surface area (Å²) in [4.78, 5) is 2.46. The van der Waals surface area contributed by atoms with E-state index in [0.29, 0.717) is 12.5 Å². The molecule has 1 aliphatic rings. The number of hydrogen-bond acceptors (Lipinski definition) is 3. The lowest BCUT2D eigenvalue weighted by Crippen LogP contribution is -2.52. The summed E-state index contributed by atoms with van der Waals surface area (Å²) < 4.78 is 18.2. The van der Waals surface area contributed by atoms with E-state index >= 15 is 0 Å². The number of hydrogen-bond donors (Lipinski definition) is 1. The molecule has 1 aromatic carbocycles. The molecule has 20 heavy (non-hydrogen) atoms. The smallest absolute Gasteiger partial charge is 0.123 e. The molecule has 1 aliphatic heterocycles. The van der Waals surface area contributed by atoms with Crippen LogP contribution in [0.5, 0.6) is 0 Å². The summed E-state index contributed by atoms with van der Waals surface area (Å²) in [6, 6.07) is 6.74. The van der Waals surface area contributed by atoms with E-state index in [9.17, 15) is 4.39 Å². The fourth-order valence-electron chi connectivity index (χ4n) is 3.05. The molecule has 1 aromatic rings. The topological polar surface area (TPSA) is 38.5 Å². The maximum absolute atomic E-state index is 13.0. The molecule has 2 atom stereocenters. The predicted octanol–water partition coefficient (Wildman–Crippen LogP) is 2.05. The van der Waals surface area contributed by atoms with E-state index in [4.69, 9.17) is 10.5 Å². The second-order valence-electron chi connectivity index (χ2n) is 6.06. The SMILES string of the molecule is COCC1CCN(C(C)(CN)Cc2ccc(F)cc2)C1. The Morgan fingerprint density at radius 2 is 2.10 bits per heavy atom. The molecule has 4 heteroatoms. The lowest BCUT2D eigenvalue weighted by molar-refractivity contribution is 0.115. The fourth-order valence-corrected chi connectivity index (χ4v) is 3.05. The molecule has 0 saturated carbocycles. The Balaban J connectivity index is 2.03. The van der Waals surface area contributed by atoms with Crippen LogP contribution in [0.1, 0.15) is 18.9 Å². The first-order valence-corrected chi connectivity index (χ1v) is 7.26. The van der Waals surface area contributed by atoms with Crippen LogP contribution in [0.25, 0.3) is 0 Å². The van der Waals surface area contributed by atoms with Crippen molar-refractivity contribution in [1.82, 2.24) is 4.90 Å². The highest BCUT2D eigenvalue weighted by Crippen LogP contribution is 2.27. The third kappa shape index (κ3) is 3.57. The Labute approximate surface area is 120 Å². The molecule has 3 nitrogen and oxygen atoms in total. The zero-order chi connectivity index (χ0) is 14.6. The summed E-state index contributed by atoms with van der Waals surface area (Å²) in [6.45, 7) is 5.70. The van der Waals surface area contributed by atoms with Gasteiger partial charge in [-0.1, -0.05) is 12.1 Å². The summed E-state index contributed by atoms with van der Waals surface area (Å²) in [6.07, 6.45) is 2.01. The Hall–Kier alpha value is -0.970. The molecule has 0 radical (unpaired) electrons. The summed E-state index contributed by atoms with van der Waals surface area (Å²) in [5.74, 6) is 0.406. The number of likely N-dealkylation sites (tertiary alicyclic amines) is 1. The molecule has 112 valence electrons. The first kappa shape index (κ1) is 15.4. The van der Waals surface area contributed by atoms with Crippen molar-refractivity contribution in [3.63, 3.8) is 0 Å². The van der Waals surface area contributed by atoms with Crippen LogP contribution in [0.3, 0.4) is 0 Å². The Kier molecular flexibility index (Phi) is 5.13. The molecule has 0 spiro atoms. The number of methoxy groups -OCH3 is 1. The third-order valence-electron chi connectivity index (χ3n) is 4.39. The van der Waals surface area contributed by atoms with E-state index in [-0.39, 0.29) is 11.4 Å². The van der Waals surface area contributed by atoms with Gasteiger partial charge in [0.25, 0.3) is 0 Å². The number of rotatable bonds is 6. The van der Waals surface area contributed by atoms with Gasteiger partial charge in [-0.25, -0.2) is 4.39 Å². The quantitative estimate of drug-likeness (QED) is 0.867. The Morgan fingerprint density at radius 1 is 1.40 bits per heavy atom. The van der Waals surface area contributed by atoms with Crippen LogP contribution in [0, 0.1) is 11.7 Å². The highest BCUT2D eigenvalue weighted by Gasteiger charge is 2.36. The molecular formula is C16H25FN2O. The number of benzene rings is 1. The Morgan fingerprint density at radius 3 is 2.70 bits per heavy atom. The average Bonchev–Trinajstić information content (AvgIpc) is 2.91. The predicted molar refractivity (Wildman–Crippen MR) is 79.1 cm³/mol. The molecule has 1 fully saturated rings. The van der Waals surface area contributed by atoms with Crippen LogP contribution in [-0.4, -0.2) is 43.8 Å². The molecule has 1 saturated heterocycles. The van der Waals surface area contributed by atoms with Crippen molar-refractivity contribution in [1.29, 1.82) is 0 Å². The zero-order valence-electron chi connectivity index (χ0n) is 12.4. The van der Waals surface area contributed by atoms with E-state index in [1.54, 1.807) is 7.11 Å². The molecule has 0 aliphatic carbocycles. The molecule has 0 bridgehead atoms. The zero-order valence-corrected chi connectivity index (χ0v) is 12.4. The monoisotopic (exact) mass is 280 g/mol. The molecular weight excluding hydrogens is 255 g/mol. The lowest BCUT2D eigenvalue weighted by atomic mass is 9.91. The van der Waals surface area contributed by atoms with Crippen LogP contribution in [-0.2, 0) is 11.2 Å². The van der Waals surface area contributed by atoms with Crippen molar-refractivity contribution in [2.24, 2.45) is 11.7 Å². The molecule has 2 N–H and O–H groups in total. The minimum Gasteiger partial charge on any atom is -0.384 e. The van der Waals surface area contributed by atoms with Gasteiger partial charge in [-0.3, -0.25) is 4.90 Å². The van der Waals surface area contributed by atoms with Gasteiger partial charge in [0.1, 0.15) is 5.82 Å². The average molecular weight is 280 g/mol. The van der Waals surface area contributed by atoms with E-state index in [1.807, 2.05) is 12.1 Å². The minimum atomic E-state index is -0.190. The summed E-state index contributed by atoms with van der Waals surface area (Å²) in [7, 11) is 1.75. The molecule has 0 aromatic heterocycles. The van der Waals surface area contributed by atoms with Gasteiger partial charge < -0.3 is 10.5 Å². The number of ether oxygens (including phenoxy) is 1. The van der Waals surface area contributed by atoms with E-state index in [2.05, 4.69) is 11.8 Å². The fraction of sp³-hybridized carbons (Fsp3) is 0.625. The van der Waals surface area contributed by atoms with Gasteiger partial charge >= 0.3 is 0 Å². The first-order valence-electron chi connectivity index (χ1n) is 7.26. The van der Waals surface area contributed by atoms with E-state index in [1.165, 1.54) is 12.1 Å². The second kappa shape index (κ2) is 6.66. The number of nitrogens with zero attached hydrogens (tertiary/aromatic N) is 1. The van der Waals surface area contributed by atoms with Gasteiger partial charge in [-0.05, 0) is 49.9 Å². The van der Waals surface area contributed by atoms with Gasteiger partial charge in [0.2, 0.25) is 0 Å². The van der Waals surface area contributed by atoms with Crippen molar-refractivity contribution >= 4 is 0 Å². The van der Waals surface area contributed by atoms with Crippen molar-refractivity contribution in [3.8, 4) is 0 Å². The maximum atomic E-state index is 13.0. The molecule has 2 unspecified atom stereocenters. The van der Waals surface area contributed by atoms with Gasteiger partial charge in [-0.15, -0.1) is 0 Å². The highest BCUT2D eigenvalue weighted by atomic mass is 19.1. The standard InChI is InChI=1S/C16H25FN2O/c1-16(12-18,9-13-3-5-15(17)6-4-13)19-8-7-14(10-19)11-20-2/h3-6,14H,7-12,18H2,1-2H3. The number of halogens is 1.